The number of anilines is 1. The first-order valence-electron chi connectivity index (χ1n) is 11.2. The van der Waals surface area contributed by atoms with Crippen molar-refractivity contribution in [1.82, 2.24) is 4.98 Å². The highest BCUT2D eigenvalue weighted by Crippen LogP contribution is 2.28. The normalized spacial score (nSPS) is 14.9. The maximum absolute atomic E-state index is 9.94. The molecule has 156 valence electrons. The third-order valence-electron chi connectivity index (χ3n) is 6.70. The van der Waals surface area contributed by atoms with Crippen LogP contribution in [0.1, 0.15) is 29.2 Å². The summed E-state index contributed by atoms with van der Waals surface area (Å²) in [7, 11) is 0. The van der Waals surface area contributed by atoms with Crippen LogP contribution in [0.15, 0.2) is 54.6 Å². The zero-order valence-corrected chi connectivity index (χ0v) is 18.3. The van der Waals surface area contributed by atoms with Gasteiger partial charge in [0.1, 0.15) is 55.4 Å². The van der Waals surface area contributed by atoms with Crippen molar-refractivity contribution in [3.05, 3.63) is 76.9 Å². The van der Waals surface area contributed by atoms with Crippen LogP contribution in [0.3, 0.4) is 0 Å². The van der Waals surface area contributed by atoms with Crippen LogP contribution in [0.4, 0.5) is 5.82 Å². The molecule has 0 amide bonds. The van der Waals surface area contributed by atoms with Crippen LogP contribution in [0.25, 0.3) is 16.7 Å². The summed E-state index contributed by atoms with van der Waals surface area (Å²) in [6.07, 6.45) is 0.912. The van der Waals surface area contributed by atoms with Crippen molar-refractivity contribution >= 4 is 22.5 Å². The standard InChI is InChI=1S/C26H27N5/c1-3-21-19(2)22(17-27)25-28-23-11-7-8-12-24(23)31(25)26(21)30-15-13-29(14-16-30)18-20-9-5-4-6-10-20/h4-12H,3,13-16,18H2,1-2H3/p+2. The van der Waals surface area contributed by atoms with Gasteiger partial charge < -0.3 is 4.90 Å². The van der Waals surface area contributed by atoms with E-state index in [4.69, 9.17) is 0 Å². The van der Waals surface area contributed by atoms with Crippen LogP contribution < -0.4 is 14.2 Å². The van der Waals surface area contributed by atoms with E-state index in [1.807, 2.05) is 6.07 Å². The van der Waals surface area contributed by atoms with E-state index in [0.717, 1.165) is 67.0 Å². The van der Waals surface area contributed by atoms with Gasteiger partial charge in [0.05, 0.1) is 0 Å². The van der Waals surface area contributed by atoms with Gasteiger partial charge in [0, 0.05) is 11.1 Å². The molecule has 0 radical (unpaired) electrons. The van der Waals surface area contributed by atoms with Crippen molar-refractivity contribution < 1.29 is 9.30 Å². The Morgan fingerprint density at radius 2 is 1.77 bits per heavy atom. The van der Waals surface area contributed by atoms with Gasteiger partial charge >= 0.3 is 0 Å². The van der Waals surface area contributed by atoms with Crippen LogP contribution in [-0.2, 0) is 13.0 Å². The lowest BCUT2D eigenvalue weighted by Crippen LogP contribution is -3.13. The Kier molecular flexibility index (Phi) is 5.09. The van der Waals surface area contributed by atoms with E-state index in [9.17, 15) is 5.26 Å². The number of benzene rings is 2. The number of H-pyrrole nitrogens is 1. The van der Waals surface area contributed by atoms with Crippen molar-refractivity contribution in [3.8, 4) is 6.07 Å². The number of pyridine rings is 1. The van der Waals surface area contributed by atoms with Crippen LogP contribution >= 0.6 is 0 Å². The lowest BCUT2D eigenvalue weighted by Gasteiger charge is -2.31. The van der Waals surface area contributed by atoms with Crippen LogP contribution in [-0.4, -0.2) is 31.2 Å². The van der Waals surface area contributed by atoms with Gasteiger partial charge in [-0.05, 0) is 31.0 Å². The molecule has 0 spiro atoms. The Hall–Kier alpha value is -3.36. The number of hydrogen-bond donors (Lipinski definition) is 2. The van der Waals surface area contributed by atoms with Gasteiger partial charge in [-0.1, -0.05) is 49.4 Å². The monoisotopic (exact) mass is 411 g/mol. The second kappa shape index (κ2) is 8.05. The van der Waals surface area contributed by atoms with Gasteiger partial charge in [0.25, 0.3) is 0 Å². The SMILES string of the molecule is CCc1c(C)c(C#N)c2[nH]c3ccccc3[n+]2c1N1CC[NH+](Cc2ccccc2)CC1. The first kappa shape index (κ1) is 19.6. The summed E-state index contributed by atoms with van der Waals surface area (Å²) < 4.78 is 2.29. The van der Waals surface area contributed by atoms with E-state index >= 15 is 0 Å². The fraction of sp³-hybridized carbons (Fsp3) is 0.308. The van der Waals surface area contributed by atoms with E-state index in [0.29, 0.717) is 0 Å². The highest BCUT2D eigenvalue weighted by molar-refractivity contribution is 5.78. The highest BCUT2D eigenvalue weighted by Gasteiger charge is 2.32. The molecule has 0 atom stereocenters. The zero-order valence-electron chi connectivity index (χ0n) is 18.3. The quantitative estimate of drug-likeness (QED) is 0.507. The average molecular weight is 412 g/mol. The van der Waals surface area contributed by atoms with Crippen molar-refractivity contribution in [2.45, 2.75) is 26.8 Å². The summed E-state index contributed by atoms with van der Waals surface area (Å²) in [5, 5.41) is 9.94. The number of hydrogen-bond acceptors (Lipinski definition) is 2. The van der Waals surface area contributed by atoms with Crippen molar-refractivity contribution in [1.29, 1.82) is 5.26 Å². The van der Waals surface area contributed by atoms with E-state index in [1.54, 1.807) is 4.90 Å². The number of fused-ring (bicyclic) bond motifs is 3. The van der Waals surface area contributed by atoms with Gasteiger partial charge in [-0.25, -0.2) is 0 Å². The summed E-state index contributed by atoms with van der Waals surface area (Å²) in [4.78, 5) is 7.69. The fourth-order valence-electron chi connectivity index (χ4n) is 5.09. The molecule has 1 aliphatic rings. The minimum absolute atomic E-state index is 0.755. The first-order valence-corrected chi connectivity index (χ1v) is 11.2. The molecule has 2 N–H and O–H groups in total. The minimum Gasteiger partial charge on any atom is -0.326 e. The molecule has 4 aromatic rings. The number of nitrogens with one attached hydrogen (secondary N) is 2. The summed E-state index contributed by atoms with van der Waals surface area (Å²) in [5.74, 6) is 1.25. The number of piperazine rings is 1. The largest absolute Gasteiger partial charge is 0.326 e. The molecule has 0 saturated carbocycles. The summed E-state index contributed by atoms with van der Waals surface area (Å²) in [6.45, 7) is 9.64. The van der Waals surface area contributed by atoms with E-state index in [1.165, 1.54) is 16.9 Å². The maximum Gasteiger partial charge on any atom is 0.250 e. The topological polar surface area (TPSA) is 51.4 Å². The third-order valence-corrected chi connectivity index (χ3v) is 6.70. The molecular formula is C26H29N5+2. The van der Waals surface area contributed by atoms with Crippen molar-refractivity contribution in [2.24, 2.45) is 0 Å². The molecule has 0 unspecified atom stereocenters. The van der Waals surface area contributed by atoms with Gasteiger partial charge in [-0.15, -0.1) is 0 Å². The molecule has 2 aromatic heterocycles. The average Bonchev–Trinajstić information content (AvgIpc) is 3.18. The molecule has 5 rings (SSSR count). The molecule has 1 aliphatic heterocycles. The van der Waals surface area contributed by atoms with Crippen LogP contribution in [0, 0.1) is 18.3 Å². The predicted octanol–water partition coefficient (Wildman–Crippen LogP) is 2.55. The molecular weight excluding hydrogens is 382 g/mol. The van der Waals surface area contributed by atoms with Gasteiger partial charge in [0.2, 0.25) is 11.5 Å². The zero-order chi connectivity index (χ0) is 21.4. The second-order valence-corrected chi connectivity index (χ2v) is 8.49. The Balaban J connectivity index is 1.56. The number of nitrogens with zero attached hydrogens (tertiary/aromatic N) is 3. The van der Waals surface area contributed by atoms with E-state index in [-0.39, 0.29) is 0 Å². The van der Waals surface area contributed by atoms with Crippen LogP contribution in [0.5, 0.6) is 0 Å². The number of aromatic amines is 1. The Morgan fingerprint density at radius 1 is 1.06 bits per heavy atom. The number of rotatable bonds is 4. The number of quaternary nitrogens is 1. The molecule has 3 heterocycles. The lowest BCUT2D eigenvalue weighted by molar-refractivity contribution is -0.914. The summed E-state index contributed by atoms with van der Waals surface area (Å²) >= 11 is 0. The molecule has 5 heteroatoms. The summed E-state index contributed by atoms with van der Waals surface area (Å²) in [6, 6.07) is 21.6. The molecule has 0 aliphatic carbocycles. The van der Waals surface area contributed by atoms with Gasteiger partial charge in [0.15, 0.2) is 0 Å². The van der Waals surface area contributed by atoms with Crippen molar-refractivity contribution in [2.75, 3.05) is 31.1 Å². The van der Waals surface area contributed by atoms with E-state index in [2.05, 4.69) is 82.7 Å². The predicted molar refractivity (Wildman–Crippen MR) is 123 cm³/mol. The van der Waals surface area contributed by atoms with Gasteiger partial charge in [-0.2, -0.15) is 9.66 Å². The van der Waals surface area contributed by atoms with Crippen LogP contribution in [0.2, 0.25) is 0 Å². The Labute approximate surface area is 183 Å². The molecule has 2 aromatic carbocycles. The molecule has 5 nitrogen and oxygen atoms in total. The van der Waals surface area contributed by atoms with E-state index < -0.39 is 0 Å². The molecule has 0 bridgehead atoms. The van der Waals surface area contributed by atoms with Gasteiger partial charge in [-0.3, -0.25) is 9.88 Å². The molecule has 1 saturated heterocycles. The smallest absolute Gasteiger partial charge is 0.250 e. The van der Waals surface area contributed by atoms with Crippen molar-refractivity contribution in [3.63, 3.8) is 0 Å². The summed E-state index contributed by atoms with van der Waals surface area (Å²) in [5.41, 5.74) is 7.66. The maximum atomic E-state index is 9.94. The number of nitriles is 1. The molecule has 31 heavy (non-hydrogen) atoms. The third kappa shape index (κ3) is 3.34. The Bertz CT molecular complexity index is 1270. The number of para-hydroxylation sites is 2. The lowest BCUT2D eigenvalue weighted by atomic mass is 10.0. The number of imidazole rings is 1. The minimum atomic E-state index is 0.755. The first-order chi connectivity index (χ1) is 15.2. The number of aromatic nitrogens is 2. The highest BCUT2D eigenvalue weighted by atomic mass is 15.3. The fourth-order valence-corrected chi connectivity index (χ4v) is 5.09. The molecule has 1 fully saturated rings. The Morgan fingerprint density at radius 3 is 2.48 bits per heavy atom. The second-order valence-electron chi connectivity index (χ2n) is 8.49.